The molecule has 2 rings (SSSR count). The van der Waals surface area contributed by atoms with Gasteiger partial charge in [-0.2, -0.15) is 4.21 Å². The van der Waals surface area contributed by atoms with Gasteiger partial charge in [0.05, 0.1) is 11.6 Å². The van der Waals surface area contributed by atoms with Gasteiger partial charge in [0.2, 0.25) is 11.5 Å². The van der Waals surface area contributed by atoms with Crippen LogP contribution in [0.3, 0.4) is 0 Å². The third kappa shape index (κ3) is 1.25. The molecular weight excluding hydrogens is 192 g/mol. The highest BCUT2D eigenvalue weighted by molar-refractivity contribution is 7.99. The predicted molar refractivity (Wildman–Crippen MR) is 50.2 cm³/mol. The number of anilines is 1. The summed E-state index contributed by atoms with van der Waals surface area (Å²) < 4.78 is 13.9. The maximum Gasteiger partial charge on any atom is 0.223 e. The zero-order valence-electron chi connectivity index (χ0n) is 6.14. The third-order valence-electron chi connectivity index (χ3n) is 1.62. The molecule has 5 heteroatoms. The SMILES string of the molecule is O=S=NN1CSc2ccccc21. The van der Waals surface area contributed by atoms with Crippen molar-refractivity contribution in [1.29, 1.82) is 0 Å². The van der Waals surface area contributed by atoms with E-state index in [0.717, 1.165) is 11.6 Å². The first-order valence-electron chi connectivity index (χ1n) is 3.41. The van der Waals surface area contributed by atoms with E-state index in [0.29, 0.717) is 0 Å². The lowest BCUT2D eigenvalue weighted by Crippen LogP contribution is -2.08. The number of thioether (sulfide) groups is 1. The van der Waals surface area contributed by atoms with Gasteiger partial charge in [-0.25, -0.2) is 5.01 Å². The van der Waals surface area contributed by atoms with Crippen LogP contribution >= 0.6 is 11.8 Å². The van der Waals surface area contributed by atoms with Crippen LogP contribution in [-0.2, 0) is 11.5 Å². The molecular formula is C7H6N2OS2. The van der Waals surface area contributed by atoms with Crippen molar-refractivity contribution in [2.24, 2.45) is 4.47 Å². The average Bonchev–Trinajstić information content (AvgIpc) is 2.50. The molecule has 0 saturated carbocycles. The molecule has 0 N–H and O–H groups in total. The van der Waals surface area contributed by atoms with E-state index >= 15 is 0 Å². The Hall–Kier alpha value is -0.810. The number of para-hydroxylation sites is 1. The number of fused-ring (bicyclic) bond motifs is 1. The normalized spacial score (nSPS) is 14.2. The lowest BCUT2D eigenvalue weighted by atomic mass is 10.3. The standard InChI is InChI=1S/C7H6N2OS2/c10-12-8-9-5-11-7-4-2-1-3-6(7)9/h1-4H,5H2. The third-order valence-corrected chi connectivity index (χ3v) is 2.91. The number of benzene rings is 1. The van der Waals surface area contributed by atoms with E-state index < -0.39 is 0 Å². The largest absolute Gasteiger partial charge is 0.241 e. The molecule has 0 bridgehead atoms. The Balaban J connectivity index is 2.42. The molecule has 3 nitrogen and oxygen atoms in total. The number of hydrogen-bond acceptors (Lipinski definition) is 3. The minimum Gasteiger partial charge on any atom is -0.241 e. The van der Waals surface area contributed by atoms with E-state index in [2.05, 4.69) is 4.47 Å². The fraction of sp³-hybridized carbons (Fsp3) is 0.143. The Morgan fingerprint density at radius 2 is 2.33 bits per heavy atom. The van der Waals surface area contributed by atoms with Gasteiger partial charge in [0.15, 0.2) is 0 Å². The van der Waals surface area contributed by atoms with Crippen LogP contribution in [0.25, 0.3) is 0 Å². The van der Waals surface area contributed by atoms with Gasteiger partial charge in [0, 0.05) is 4.90 Å². The van der Waals surface area contributed by atoms with Gasteiger partial charge in [-0.05, 0) is 12.1 Å². The van der Waals surface area contributed by atoms with Crippen molar-refractivity contribution in [3.8, 4) is 0 Å². The van der Waals surface area contributed by atoms with Crippen LogP contribution in [0.2, 0.25) is 0 Å². The molecule has 1 aliphatic rings. The van der Waals surface area contributed by atoms with Gasteiger partial charge < -0.3 is 0 Å². The quantitative estimate of drug-likeness (QED) is 0.690. The lowest BCUT2D eigenvalue weighted by Gasteiger charge is -2.06. The number of nitrogens with zero attached hydrogens (tertiary/aromatic N) is 2. The highest BCUT2D eigenvalue weighted by atomic mass is 32.2. The molecule has 0 saturated heterocycles. The summed E-state index contributed by atoms with van der Waals surface area (Å²) in [5.41, 5.74) is 1.03. The summed E-state index contributed by atoms with van der Waals surface area (Å²) in [6, 6.07) is 7.93. The highest BCUT2D eigenvalue weighted by Gasteiger charge is 2.17. The highest BCUT2D eigenvalue weighted by Crippen LogP contribution is 2.37. The van der Waals surface area contributed by atoms with E-state index in [9.17, 15) is 4.21 Å². The van der Waals surface area contributed by atoms with Crippen LogP contribution in [0, 0.1) is 0 Å². The Kier molecular flexibility index (Phi) is 2.14. The van der Waals surface area contributed by atoms with Crippen LogP contribution in [0.4, 0.5) is 5.69 Å². The fourth-order valence-electron chi connectivity index (χ4n) is 1.10. The van der Waals surface area contributed by atoms with Crippen molar-refractivity contribution in [3.05, 3.63) is 24.3 Å². The molecule has 0 aromatic heterocycles. The van der Waals surface area contributed by atoms with E-state index in [1.807, 2.05) is 24.3 Å². The molecule has 0 unspecified atom stereocenters. The molecule has 1 heterocycles. The van der Waals surface area contributed by atoms with E-state index in [-0.39, 0.29) is 11.5 Å². The van der Waals surface area contributed by atoms with Crippen molar-refractivity contribution in [2.75, 3.05) is 10.9 Å². The first-order chi connectivity index (χ1) is 5.92. The second-order valence-electron chi connectivity index (χ2n) is 2.30. The summed E-state index contributed by atoms with van der Waals surface area (Å²) in [5, 5.41) is 1.72. The van der Waals surface area contributed by atoms with Gasteiger partial charge >= 0.3 is 0 Å². The summed E-state index contributed by atoms with van der Waals surface area (Å²) in [4.78, 5) is 1.19. The average molecular weight is 198 g/mol. The van der Waals surface area contributed by atoms with Crippen molar-refractivity contribution < 1.29 is 4.21 Å². The maximum absolute atomic E-state index is 10.2. The smallest absolute Gasteiger partial charge is 0.223 e. The minimum absolute atomic E-state index is 0.250. The van der Waals surface area contributed by atoms with Gasteiger partial charge in [0.1, 0.15) is 0 Å². The van der Waals surface area contributed by atoms with E-state index in [4.69, 9.17) is 0 Å². The van der Waals surface area contributed by atoms with Crippen molar-refractivity contribution in [3.63, 3.8) is 0 Å². The Morgan fingerprint density at radius 1 is 1.50 bits per heavy atom. The topological polar surface area (TPSA) is 32.7 Å². The molecule has 0 amide bonds. The second kappa shape index (κ2) is 3.28. The van der Waals surface area contributed by atoms with Gasteiger partial charge in [-0.15, -0.1) is 0 Å². The van der Waals surface area contributed by atoms with Crippen LogP contribution in [0.1, 0.15) is 0 Å². The summed E-state index contributed by atoms with van der Waals surface area (Å²) in [6.45, 7) is 0. The summed E-state index contributed by atoms with van der Waals surface area (Å²) in [6.07, 6.45) is 0. The summed E-state index contributed by atoms with van der Waals surface area (Å²) in [7, 11) is 0. The molecule has 62 valence electrons. The van der Waals surface area contributed by atoms with Crippen LogP contribution in [-0.4, -0.2) is 10.1 Å². The molecule has 0 atom stereocenters. The fourth-order valence-corrected chi connectivity index (χ4v) is 2.35. The zero-order valence-corrected chi connectivity index (χ0v) is 7.77. The van der Waals surface area contributed by atoms with E-state index in [1.54, 1.807) is 16.8 Å². The molecule has 0 aliphatic carbocycles. The van der Waals surface area contributed by atoms with Gasteiger partial charge in [0.25, 0.3) is 0 Å². The van der Waals surface area contributed by atoms with Crippen molar-refractivity contribution in [2.45, 2.75) is 4.90 Å². The predicted octanol–water partition coefficient (Wildman–Crippen LogP) is 1.87. The molecule has 12 heavy (non-hydrogen) atoms. The zero-order chi connectivity index (χ0) is 8.39. The summed E-state index contributed by atoms with van der Waals surface area (Å²) >= 11 is 1.95. The van der Waals surface area contributed by atoms with Crippen molar-refractivity contribution >= 4 is 28.9 Å². The van der Waals surface area contributed by atoms with E-state index in [1.165, 1.54) is 4.90 Å². The second-order valence-corrected chi connectivity index (χ2v) is 3.60. The lowest BCUT2D eigenvalue weighted by molar-refractivity contribution is 0.696. The Bertz CT molecular complexity index is 349. The molecule has 1 aromatic carbocycles. The van der Waals surface area contributed by atoms with Crippen LogP contribution in [0.5, 0.6) is 0 Å². The van der Waals surface area contributed by atoms with Crippen molar-refractivity contribution in [1.82, 2.24) is 0 Å². The van der Waals surface area contributed by atoms with Gasteiger partial charge in [-0.3, -0.25) is 0 Å². The number of rotatable bonds is 1. The molecule has 0 spiro atoms. The van der Waals surface area contributed by atoms with Crippen LogP contribution in [0.15, 0.2) is 33.6 Å². The maximum atomic E-state index is 10.2. The number of hydrogen-bond donors (Lipinski definition) is 0. The summed E-state index contributed by atoms with van der Waals surface area (Å²) in [5.74, 6) is 0.745. The Morgan fingerprint density at radius 3 is 3.17 bits per heavy atom. The molecule has 1 aliphatic heterocycles. The molecule has 1 aromatic rings. The Labute approximate surface area is 78.0 Å². The molecule has 0 radical (unpaired) electrons. The minimum atomic E-state index is 0.250. The van der Waals surface area contributed by atoms with Gasteiger partial charge in [-0.1, -0.05) is 28.4 Å². The first kappa shape index (κ1) is 7.82. The van der Waals surface area contributed by atoms with Crippen LogP contribution < -0.4 is 5.01 Å². The first-order valence-corrected chi connectivity index (χ1v) is 5.09. The monoisotopic (exact) mass is 198 g/mol. The molecule has 0 fully saturated rings.